The van der Waals surface area contributed by atoms with E-state index in [1.807, 2.05) is 6.07 Å². The van der Waals surface area contributed by atoms with Crippen molar-refractivity contribution in [1.82, 2.24) is 0 Å². The number of hydrogen-bond donors (Lipinski definition) is 1. The molecule has 1 N–H and O–H groups in total. The number of nitrogens with zero attached hydrogens (tertiary/aromatic N) is 1. The van der Waals surface area contributed by atoms with Crippen LogP contribution in [0.4, 0.5) is 11.4 Å². The third-order valence-electron chi connectivity index (χ3n) is 3.87. The smallest absolute Gasteiger partial charge is 0.303 e. The van der Waals surface area contributed by atoms with E-state index < -0.39 is 5.97 Å². The van der Waals surface area contributed by atoms with Gasteiger partial charge in [-0.05, 0) is 35.2 Å². The largest absolute Gasteiger partial charge is 0.481 e. The number of anilines is 2. The maximum atomic E-state index is 10.7. The Morgan fingerprint density at radius 1 is 1.15 bits per heavy atom. The number of fused-ring (bicyclic) bond motifs is 2. The minimum atomic E-state index is -0.749. The van der Waals surface area contributed by atoms with Gasteiger partial charge in [-0.25, -0.2) is 0 Å². The molecule has 0 aliphatic carbocycles. The summed E-state index contributed by atoms with van der Waals surface area (Å²) in [4.78, 5) is 12.9. The summed E-state index contributed by atoms with van der Waals surface area (Å²) in [5.74, 6) is -0.749. The summed E-state index contributed by atoms with van der Waals surface area (Å²) in [7, 11) is 2.07. The molecular weight excluding hydrogens is 250 g/mol. The van der Waals surface area contributed by atoms with E-state index in [1.54, 1.807) is 0 Å². The Morgan fingerprint density at radius 3 is 2.70 bits per heavy atom. The molecule has 0 saturated carbocycles. The molecule has 20 heavy (non-hydrogen) atoms. The zero-order chi connectivity index (χ0) is 14.1. The number of carboxylic acids is 1. The second kappa shape index (κ2) is 5.00. The predicted octanol–water partition coefficient (Wildman–Crippen LogP) is 3.38. The van der Waals surface area contributed by atoms with E-state index in [0.29, 0.717) is 6.42 Å². The van der Waals surface area contributed by atoms with Gasteiger partial charge in [0.05, 0.1) is 0 Å². The van der Waals surface area contributed by atoms with Crippen LogP contribution in [0.1, 0.15) is 23.1 Å². The average Bonchev–Trinajstić information content (AvgIpc) is 2.46. The minimum absolute atomic E-state index is 0.180. The average molecular weight is 267 g/mol. The monoisotopic (exact) mass is 267 g/mol. The van der Waals surface area contributed by atoms with Gasteiger partial charge in [0.1, 0.15) is 0 Å². The number of aryl methyl sites for hydroxylation is 1. The van der Waals surface area contributed by atoms with Gasteiger partial charge in [-0.1, -0.05) is 30.3 Å². The second-order valence-corrected chi connectivity index (χ2v) is 5.22. The van der Waals surface area contributed by atoms with Crippen molar-refractivity contribution in [2.75, 3.05) is 11.9 Å². The fraction of sp³-hybridized carbons (Fsp3) is 0.235. The van der Waals surface area contributed by atoms with Crippen LogP contribution in [0.2, 0.25) is 0 Å². The summed E-state index contributed by atoms with van der Waals surface area (Å²) in [5.41, 5.74) is 6.13. The first-order valence-corrected chi connectivity index (χ1v) is 6.80. The second-order valence-electron chi connectivity index (χ2n) is 5.22. The van der Waals surface area contributed by atoms with Crippen molar-refractivity contribution in [3.05, 3.63) is 59.2 Å². The topological polar surface area (TPSA) is 40.5 Å². The zero-order valence-electron chi connectivity index (χ0n) is 11.5. The number of para-hydroxylation sites is 1. The van der Waals surface area contributed by atoms with Crippen LogP contribution in [0.5, 0.6) is 0 Å². The van der Waals surface area contributed by atoms with Crippen LogP contribution in [0.25, 0.3) is 0 Å². The lowest BCUT2D eigenvalue weighted by Crippen LogP contribution is -2.18. The number of hydrogen-bond acceptors (Lipinski definition) is 2. The first kappa shape index (κ1) is 12.7. The Morgan fingerprint density at radius 2 is 1.90 bits per heavy atom. The van der Waals surface area contributed by atoms with Crippen LogP contribution in [0, 0.1) is 0 Å². The van der Waals surface area contributed by atoms with Gasteiger partial charge < -0.3 is 10.0 Å². The van der Waals surface area contributed by atoms with Gasteiger partial charge in [-0.3, -0.25) is 4.79 Å². The Hall–Kier alpha value is -2.29. The Balaban J connectivity index is 1.93. The number of aliphatic carboxylic acids is 1. The molecule has 3 rings (SSSR count). The highest BCUT2D eigenvalue weighted by molar-refractivity contribution is 5.74. The molecule has 1 aliphatic rings. The van der Waals surface area contributed by atoms with Crippen molar-refractivity contribution in [1.29, 1.82) is 0 Å². The molecule has 0 aromatic heterocycles. The van der Waals surface area contributed by atoms with Crippen LogP contribution in [-0.2, 0) is 17.6 Å². The van der Waals surface area contributed by atoms with E-state index in [9.17, 15) is 4.79 Å². The van der Waals surface area contributed by atoms with Gasteiger partial charge >= 0.3 is 5.97 Å². The quantitative estimate of drug-likeness (QED) is 0.926. The molecular formula is C17H17NO2. The van der Waals surface area contributed by atoms with Crippen molar-refractivity contribution in [2.45, 2.75) is 19.3 Å². The third-order valence-corrected chi connectivity index (χ3v) is 3.87. The molecule has 0 bridgehead atoms. The van der Waals surface area contributed by atoms with Gasteiger partial charge in [0.2, 0.25) is 0 Å². The van der Waals surface area contributed by atoms with Gasteiger partial charge in [-0.15, -0.1) is 0 Å². The van der Waals surface area contributed by atoms with Crippen LogP contribution >= 0.6 is 0 Å². The lowest BCUT2D eigenvalue weighted by molar-refractivity contribution is -0.136. The van der Waals surface area contributed by atoms with Crippen LogP contribution < -0.4 is 4.90 Å². The first-order chi connectivity index (χ1) is 9.65. The SMILES string of the molecule is CN1c2ccccc2Cc2ccc(CCC(=O)O)cc21. The van der Waals surface area contributed by atoms with Crippen molar-refractivity contribution in [2.24, 2.45) is 0 Å². The molecule has 0 atom stereocenters. The molecule has 2 aromatic carbocycles. The molecule has 102 valence electrons. The fourth-order valence-electron chi connectivity index (χ4n) is 2.80. The summed E-state index contributed by atoms with van der Waals surface area (Å²) in [5, 5.41) is 8.78. The summed E-state index contributed by atoms with van der Waals surface area (Å²) in [6, 6.07) is 14.7. The summed E-state index contributed by atoms with van der Waals surface area (Å²) in [6.45, 7) is 0. The fourth-order valence-corrected chi connectivity index (χ4v) is 2.80. The van der Waals surface area contributed by atoms with E-state index in [0.717, 1.165) is 12.0 Å². The highest BCUT2D eigenvalue weighted by Crippen LogP contribution is 2.37. The molecule has 1 aliphatic heterocycles. The van der Waals surface area contributed by atoms with E-state index >= 15 is 0 Å². The molecule has 3 heteroatoms. The van der Waals surface area contributed by atoms with Crippen LogP contribution in [-0.4, -0.2) is 18.1 Å². The lowest BCUT2D eigenvalue weighted by Gasteiger charge is -2.30. The molecule has 2 aromatic rings. The predicted molar refractivity (Wildman–Crippen MR) is 79.7 cm³/mol. The van der Waals surface area contributed by atoms with E-state index in [4.69, 9.17) is 5.11 Å². The third kappa shape index (κ3) is 2.27. The van der Waals surface area contributed by atoms with Gasteiger partial charge in [0.15, 0.2) is 0 Å². The van der Waals surface area contributed by atoms with Crippen LogP contribution in [0.15, 0.2) is 42.5 Å². The van der Waals surface area contributed by atoms with Gasteiger partial charge in [0.25, 0.3) is 0 Å². The lowest BCUT2D eigenvalue weighted by atomic mass is 9.94. The van der Waals surface area contributed by atoms with Crippen molar-refractivity contribution >= 4 is 17.3 Å². The molecule has 0 saturated heterocycles. The van der Waals surface area contributed by atoms with E-state index in [1.165, 1.54) is 22.5 Å². The maximum Gasteiger partial charge on any atom is 0.303 e. The molecule has 1 heterocycles. The highest BCUT2D eigenvalue weighted by Gasteiger charge is 2.19. The summed E-state index contributed by atoms with van der Waals surface area (Å²) < 4.78 is 0. The van der Waals surface area contributed by atoms with E-state index in [-0.39, 0.29) is 6.42 Å². The van der Waals surface area contributed by atoms with E-state index in [2.05, 4.69) is 48.3 Å². The summed E-state index contributed by atoms with van der Waals surface area (Å²) in [6.07, 6.45) is 1.70. The number of carboxylic acid groups (broad SMARTS) is 1. The minimum Gasteiger partial charge on any atom is -0.481 e. The number of carbonyl (C=O) groups is 1. The summed E-state index contributed by atoms with van der Waals surface area (Å²) >= 11 is 0. The highest BCUT2D eigenvalue weighted by atomic mass is 16.4. The Bertz CT molecular complexity index is 664. The van der Waals surface area contributed by atoms with Gasteiger partial charge in [-0.2, -0.15) is 0 Å². The zero-order valence-corrected chi connectivity index (χ0v) is 11.5. The van der Waals surface area contributed by atoms with Crippen molar-refractivity contribution in [3.63, 3.8) is 0 Å². The molecule has 3 nitrogen and oxygen atoms in total. The number of rotatable bonds is 3. The molecule has 0 fully saturated rings. The molecule has 0 radical (unpaired) electrons. The maximum absolute atomic E-state index is 10.7. The number of benzene rings is 2. The molecule has 0 amide bonds. The normalized spacial score (nSPS) is 12.8. The van der Waals surface area contributed by atoms with Crippen molar-refractivity contribution < 1.29 is 9.90 Å². The Labute approximate surface area is 118 Å². The van der Waals surface area contributed by atoms with Crippen molar-refractivity contribution in [3.8, 4) is 0 Å². The molecule has 0 spiro atoms. The van der Waals surface area contributed by atoms with Crippen LogP contribution in [0.3, 0.4) is 0 Å². The molecule has 0 unspecified atom stereocenters. The standard InChI is InChI=1S/C17H17NO2/c1-18-15-5-3-2-4-13(15)11-14-8-6-12(10-16(14)18)7-9-17(19)20/h2-6,8,10H,7,9,11H2,1H3,(H,19,20). The Kier molecular flexibility index (Phi) is 3.18. The van der Waals surface area contributed by atoms with Gasteiger partial charge in [0, 0.05) is 31.3 Å². The first-order valence-electron chi connectivity index (χ1n) is 6.80.